The molecule has 0 unspecified atom stereocenters. The van der Waals surface area contributed by atoms with Crippen molar-refractivity contribution in [1.29, 1.82) is 0 Å². The lowest BCUT2D eigenvalue weighted by Gasteiger charge is -2.38. The quantitative estimate of drug-likeness (QED) is 0.850. The van der Waals surface area contributed by atoms with Crippen molar-refractivity contribution in [3.8, 4) is 0 Å². The van der Waals surface area contributed by atoms with Gasteiger partial charge in [0.25, 0.3) is 5.91 Å². The number of imidazole rings is 1. The molecule has 0 aromatic carbocycles. The first kappa shape index (κ1) is 16.2. The molecule has 7 heteroatoms. The van der Waals surface area contributed by atoms with Crippen LogP contribution in [0.25, 0.3) is 0 Å². The maximum absolute atomic E-state index is 12.9. The Morgan fingerprint density at radius 3 is 2.76 bits per heavy atom. The van der Waals surface area contributed by atoms with Gasteiger partial charge in [-0.3, -0.25) is 9.78 Å². The Morgan fingerprint density at radius 1 is 1.16 bits per heavy atom. The van der Waals surface area contributed by atoms with Crippen molar-refractivity contribution in [3.63, 3.8) is 0 Å². The Bertz CT molecular complexity index is 734. The van der Waals surface area contributed by atoms with Crippen molar-refractivity contribution in [2.45, 2.75) is 38.8 Å². The lowest BCUT2D eigenvalue weighted by molar-refractivity contribution is 0.0639. The van der Waals surface area contributed by atoms with E-state index in [1.54, 1.807) is 12.4 Å². The van der Waals surface area contributed by atoms with Crippen molar-refractivity contribution in [2.24, 2.45) is 0 Å². The van der Waals surface area contributed by atoms with Crippen LogP contribution >= 0.6 is 0 Å². The molecule has 4 rings (SSSR count). The van der Waals surface area contributed by atoms with E-state index in [9.17, 15) is 4.79 Å². The van der Waals surface area contributed by atoms with Crippen LogP contribution in [0.1, 0.15) is 47.2 Å². The van der Waals surface area contributed by atoms with E-state index >= 15 is 0 Å². The third-order valence-corrected chi connectivity index (χ3v) is 5.13. The third kappa shape index (κ3) is 3.42. The molecule has 0 aliphatic carbocycles. The summed E-state index contributed by atoms with van der Waals surface area (Å²) in [6.07, 6.45) is 10.8. The zero-order chi connectivity index (χ0) is 17.2. The van der Waals surface area contributed by atoms with Crippen molar-refractivity contribution < 1.29 is 4.79 Å². The second kappa shape index (κ2) is 6.92. The first-order valence-electron chi connectivity index (χ1n) is 9.01. The van der Waals surface area contributed by atoms with Gasteiger partial charge in [0.15, 0.2) is 0 Å². The first-order chi connectivity index (χ1) is 12.2. The third-order valence-electron chi connectivity index (χ3n) is 5.13. The fourth-order valence-electron chi connectivity index (χ4n) is 3.79. The van der Waals surface area contributed by atoms with Gasteiger partial charge < -0.3 is 14.4 Å². The molecule has 2 aliphatic heterocycles. The number of piperidine rings is 1. The minimum absolute atomic E-state index is 0.0522. The topological polar surface area (TPSA) is 67.2 Å². The summed E-state index contributed by atoms with van der Waals surface area (Å²) in [6, 6.07) is 0.242. The number of fused-ring (bicyclic) bond motifs is 1. The van der Waals surface area contributed by atoms with E-state index in [4.69, 9.17) is 0 Å². The predicted molar refractivity (Wildman–Crippen MR) is 93.1 cm³/mol. The van der Waals surface area contributed by atoms with Crippen LogP contribution < -0.4 is 0 Å². The molecule has 25 heavy (non-hydrogen) atoms. The van der Waals surface area contributed by atoms with Gasteiger partial charge in [0.1, 0.15) is 5.69 Å². The number of hydrogen-bond acceptors (Lipinski definition) is 5. The van der Waals surface area contributed by atoms with E-state index in [-0.39, 0.29) is 11.9 Å². The van der Waals surface area contributed by atoms with E-state index in [2.05, 4.69) is 24.4 Å². The van der Waals surface area contributed by atoms with Gasteiger partial charge in [-0.25, -0.2) is 9.97 Å². The number of aromatic nitrogens is 4. The number of amides is 1. The van der Waals surface area contributed by atoms with Gasteiger partial charge in [-0.05, 0) is 32.9 Å². The molecular formula is C18H24N6O. The fraction of sp³-hybridized carbons (Fsp3) is 0.556. The van der Waals surface area contributed by atoms with E-state index in [0.717, 1.165) is 31.0 Å². The molecule has 2 aromatic heterocycles. The number of carbonyl (C=O) groups is 1. The van der Waals surface area contributed by atoms with E-state index in [1.807, 2.05) is 24.3 Å². The van der Waals surface area contributed by atoms with E-state index < -0.39 is 0 Å². The second-order valence-electron chi connectivity index (χ2n) is 7.04. The number of likely N-dealkylation sites (tertiary alicyclic amines) is 1. The molecule has 132 valence electrons. The minimum atomic E-state index is -0.0522. The monoisotopic (exact) mass is 340 g/mol. The van der Waals surface area contributed by atoms with Crippen LogP contribution in [-0.2, 0) is 6.54 Å². The summed E-state index contributed by atoms with van der Waals surface area (Å²) in [7, 11) is 0. The van der Waals surface area contributed by atoms with Crippen LogP contribution in [0.3, 0.4) is 0 Å². The van der Waals surface area contributed by atoms with Crippen LogP contribution in [0.2, 0.25) is 0 Å². The van der Waals surface area contributed by atoms with Crippen molar-refractivity contribution >= 4 is 5.91 Å². The molecule has 1 fully saturated rings. The summed E-state index contributed by atoms with van der Waals surface area (Å²) >= 11 is 0. The highest BCUT2D eigenvalue weighted by Gasteiger charge is 2.30. The zero-order valence-corrected chi connectivity index (χ0v) is 14.6. The van der Waals surface area contributed by atoms with Gasteiger partial charge in [0.05, 0.1) is 36.5 Å². The summed E-state index contributed by atoms with van der Waals surface area (Å²) < 4.78 is 2.24. The molecule has 0 N–H and O–H groups in total. The van der Waals surface area contributed by atoms with Gasteiger partial charge in [-0.15, -0.1) is 0 Å². The van der Waals surface area contributed by atoms with Crippen LogP contribution in [0, 0.1) is 6.92 Å². The Hall–Kier alpha value is -2.28. The number of carbonyl (C=O) groups excluding carboxylic acids is 1. The van der Waals surface area contributed by atoms with Gasteiger partial charge in [-0.2, -0.15) is 0 Å². The summed E-state index contributed by atoms with van der Waals surface area (Å²) in [6.45, 7) is 6.40. The lowest BCUT2D eigenvalue weighted by atomic mass is 10.1. The highest BCUT2D eigenvalue weighted by atomic mass is 16.2. The number of hydrogen-bond donors (Lipinski definition) is 0. The molecule has 1 atom stereocenters. The van der Waals surface area contributed by atoms with Gasteiger partial charge in [0, 0.05) is 25.5 Å². The lowest BCUT2D eigenvalue weighted by Crippen LogP contribution is -2.45. The summed E-state index contributed by atoms with van der Waals surface area (Å²) in [5.41, 5.74) is 2.31. The van der Waals surface area contributed by atoms with Crippen LogP contribution in [0.5, 0.6) is 0 Å². The molecule has 2 aromatic rings. The number of nitrogens with zero attached hydrogens (tertiary/aromatic N) is 6. The van der Waals surface area contributed by atoms with Gasteiger partial charge >= 0.3 is 0 Å². The van der Waals surface area contributed by atoms with E-state index in [0.29, 0.717) is 18.8 Å². The largest absolute Gasteiger partial charge is 0.329 e. The number of aryl methyl sites for hydroxylation is 1. The zero-order valence-electron chi connectivity index (χ0n) is 14.6. The molecular weight excluding hydrogens is 316 g/mol. The average molecular weight is 340 g/mol. The summed E-state index contributed by atoms with van der Waals surface area (Å²) in [5.74, 6) is -0.0522. The van der Waals surface area contributed by atoms with Gasteiger partial charge in [0.2, 0.25) is 0 Å². The van der Waals surface area contributed by atoms with Crippen molar-refractivity contribution in [3.05, 3.63) is 42.0 Å². The first-order valence-corrected chi connectivity index (χ1v) is 9.01. The van der Waals surface area contributed by atoms with Crippen molar-refractivity contribution in [1.82, 2.24) is 29.3 Å². The van der Waals surface area contributed by atoms with E-state index in [1.165, 1.54) is 19.3 Å². The van der Waals surface area contributed by atoms with Crippen LogP contribution in [0.15, 0.2) is 24.9 Å². The molecule has 0 radical (unpaired) electrons. The average Bonchev–Trinajstić information content (AvgIpc) is 3.11. The molecule has 4 heterocycles. The Morgan fingerprint density at radius 2 is 2.00 bits per heavy atom. The van der Waals surface area contributed by atoms with Gasteiger partial charge in [-0.1, -0.05) is 6.42 Å². The van der Waals surface area contributed by atoms with Crippen LogP contribution in [-0.4, -0.2) is 61.4 Å². The van der Waals surface area contributed by atoms with Crippen molar-refractivity contribution in [2.75, 3.05) is 26.2 Å². The molecule has 7 nitrogen and oxygen atoms in total. The second-order valence-corrected chi connectivity index (χ2v) is 7.04. The maximum atomic E-state index is 12.9. The Balaban J connectivity index is 1.52. The number of rotatable bonds is 3. The molecule has 1 saturated heterocycles. The van der Waals surface area contributed by atoms with Crippen LogP contribution in [0.4, 0.5) is 0 Å². The Labute approximate surface area is 147 Å². The maximum Gasteiger partial charge on any atom is 0.274 e. The SMILES string of the molecule is Cc1cnc(C(=O)N2Cc3cncn3[C@@H](CN3CCCCC3)C2)cn1. The normalized spacial score (nSPS) is 21.2. The summed E-state index contributed by atoms with van der Waals surface area (Å²) in [4.78, 5) is 30.0. The highest BCUT2D eigenvalue weighted by molar-refractivity contribution is 5.92. The molecule has 0 spiro atoms. The fourth-order valence-corrected chi connectivity index (χ4v) is 3.79. The Kier molecular flexibility index (Phi) is 4.48. The smallest absolute Gasteiger partial charge is 0.274 e. The highest BCUT2D eigenvalue weighted by Crippen LogP contribution is 2.24. The molecule has 0 saturated carbocycles. The summed E-state index contributed by atoms with van der Waals surface area (Å²) in [5, 5.41) is 0. The minimum Gasteiger partial charge on any atom is -0.329 e. The standard InChI is InChI=1S/C18H24N6O/c1-14-7-21-17(9-20-14)18(25)23-11-15-8-19-13-24(15)16(12-23)10-22-5-3-2-4-6-22/h7-9,13,16H,2-6,10-12H2,1H3/t16-/m0/s1. The predicted octanol–water partition coefficient (Wildman–Crippen LogP) is 1.66. The molecule has 0 bridgehead atoms. The molecule has 1 amide bonds. The molecule has 2 aliphatic rings.